The highest BCUT2D eigenvalue weighted by atomic mass is 79.9. The second-order valence-electron chi connectivity index (χ2n) is 4.95. The van der Waals surface area contributed by atoms with Crippen LogP contribution in [-0.2, 0) is 0 Å². The molecule has 0 saturated heterocycles. The number of likely N-dealkylation sites (N-methyl/N-ethyl adjacent to an activating group) is 2. The van der Waals surface area contributed by atoms with Gasteiger partial charge in [0.15, 0.2) is 0 Å². The minimum atomic E-state index is 0.104. The number of thiophene rings is 1. The summed E-state index contributed by atoms with van der Waals surface area (Å²) in [6.45, 7) is 14.4. The summed E-state index contributed by atoms with van der Waals surface area (Å²) in [5.74, 6) is 0. The molecule has 0 amide bonds. The summed E-state index contributed by atoms with van der Waals surface area (Å²) in [6, 6.07) is 2.50. The van der Waals surface area contributed by atoms with Crippen molar-refractivity contribution in [2.24, 2.45) is 0 Å². The molecule has 4 heteroatoms. The molecule has 104 valence electrons. The molecular formula is C14H25BrN2S. The van der Waals surface area contributed by atoms with E-state index in [1.165, 1.54) is 9.35 Å². The maximum absolute atomic E-state index is 3.67. The molecule has 1 unspecified atom stereocenters. The molecular weight excluding hydrogens is 308 g/mol. The first-order valence-electron chi connectivity index (χ1n) is 6.70. The maximum Gasteiger partial charge on any atom is 0.0607 e. The summed E-state index contributed by atoms with van der Waals surface area (Å²) in [4.78, 5) is 3.92. The highest BCUT2D eigenvalue weighted by Gasteiger charge is 2.36. The second-order valence-corrected chi connectivity index (χ2v) is 6.75. The van der Waals surface area contributed by atoms with Crippen LogP contribution in [0.3, 0.4) is 0 Å². The van der Waals surface area contributed by atoms with Crippen molar-refractivity contribution >= 4 is 27.3 Å². The molecule has 1 rings (SSSR count). The molecule has 0 aromatic carbocycles. The monoisotopic (exact) mass is 332 g/mol. The molecule has 1 N–H and O–H groups in total. The Balaban J connectivity index is 3.08. The Morgan fingerprint density at radius 2 is 1.94 bits per heavy atom. The fourth-order valence-corrected chi connectivity index (χ4v) is 4.46. The van der Waals surface area contributed by atoms with Gasteiger partial charge in [0.1, 0.15) is 0 Å². The highest BCUT2D eigenvalue weighted by molar-refractivity contribution is 9.10. The molecule has 0 aliphatic rings. The predicted octanol–water partition coefficient (Wildman–Crippen LogP) is 4.28. The van der Waals surface area contributed by atoms with Crippen molar-refractivity contribution in [2.45, 2.75) is 46.2 Å². The van der Waals surface area contributed by atoms with Crippen molar-refractivity contribution in [3.05, 3.63) is 20.8 Å². The second kappa shape index (κ2) is 7.04. The first kappa shape index (κ1) is 16.2. The van der Waals surface area contributed by atoms with E-state index in [0.29, 0.717) is 6.04 Å². The fourth-order valence-electron chi connectivity index (χ4n) is 2.60. The van der Waals surface area contributed by atoms with Crippen molar-refractivity contribution in [3.8, 4) is 0 Å². The van der Waals surface area contributed by atoms with Crippen molar-refractivity contribution in [3.63, 3.8) is 0 Å². The summed E-state index contributed by atoms with van der Waals surface area (Å²) in [7, 11) is 0. The van der Waals surface area contributed by atoms with Crippen LogP contribution >= 0.6 is 27.3 Å². The van der Waals surface area contributed by atoms with Gasteiger partial charge in [0.05, 0.1) is 6.04 Å². The van der Waals surface area contributed by atoms with Crippen molar-refractivity contribution in [1.29, 1.82) is 0 Å². The van der Waals surface area contributed by atoms with Crippen molar-refractivity contribution < 1.29 is 0 Å². The zero-order valence-corrected chi connectivity index (χ0v) is 14.5. The minimum Gasteiger partial charge on any atom is -0.308 e. The van der Waals surface area contributed by atoms with Crippen LogP contribution in [0.15, 0.2) is 15.9 Å². The van der Waals surface area contributed by atoms with Gasteiger partial charge in [0.25, 0.3) is 0 Å². The Morgan fingerprint density at radius 3 is 2.33 bits per heavy atom. The van der Waals surface area contributed by atoms with Crippen molar-refractivity contribution in [2.75, 3.05) is 19.6 Å². The SMILES string of the molecule is CCNC(c1sccc1Br)C(C)(C)N(CC)CC. The third kappa shape index (κ3) is 3.35. The maximum atomic E-state index is 3.67. The lowest BCUT2D eigenvalue weighted by molar-refractivity contribution is 0.0930. The number of halogens is 1. The molecule has 1 aromatic heterocycles. The Morgan fingerprint density at radius 1 is 1.33 bits per heavy atom. The topological polar surface area (TPSA) is 15.3 Å². The van der Waals surface area contributed by atoms with Gasteiger partial charge < -0.3 is 5.32 Å². The van der Waals surface area contributed by atoms with Gasteiger partial charge in [-0.1, -0.05) is 20.8 Å². The quantitative estimate of drug-likeness (QED) is 0.801. The Kier molecular flexibility index (Phi) is 6.31. The summed E-state index contributed by atoms with van der Waals surface area (Å²) in [5, 5.41) is 5.81. The van der Waals surface area contributed by atoms with Gasteiger partial charge in [-0.2, -0.15) is 0 Å². The van der Waals surface area contributed by atoms with Crippen LogP contribution in [0.25, 0.3) is 0 Å². The van der Waals surface area contributed by atoms with Crippen LogP contribution in [0.2, 0.25) is 0 Å². The molecule has 18 heavy (non-hydrogen) atoms. The summed E-state index contributed by atoms with van der Waals surface area (Å²) in [5.41, 5.74) is 0.104. The third-order valence-electron chi connectivity index (χ3n) is 3.60. The lowest BCUT2D eigenvalue weighted by atomic mass is 9.90. The lowest BCUT2D eigenvalue weighted by Gasteiger charge is -2.43. The van der Waals surface area contributed by atoms with Crippen LogP contribution in [0, 0.1) is 0 Å². The molecule has 0 radical (unpaired) electrons. The number of hydrogen-bond donors (Lipinski definition) is 1. The van der Waals surface area contributed by atoms with Gasteiger partial charge in [-0.15, -0.1) is 11.3 Å². The van der Waals surface area contributed by atoms with E-state index >= 15 is 0 Å². The summed E-state index contributed by atoms with van der Waals surface area (Å²) < 4.78 is 1.22. The molecule has 2 nitrogen and oxygen atoms in total. The average molecular weight is 333 g/mol. The number of hydrogen-bond acceptors (Lipinski definition) is 3. The summed E-state index contributed by atoms with van der Waals surface area (Å²) in [6.07, 6.45) is 0. The number of nitrogens with zero attached hydrogens (tertiary/aromatic N) is 1. The van der Waals surface area contributed by atoms with Crippen LogP contribution < -0.4 is 5.32 Å². The Hall–Kier alpha value is 0.1000. The van der Waals surface area contributed by atoms with Gasteiger partial charge in [0, 0.05) is 14.9 Å². The molecule has 0 fully saturated rings. The van der Waals surface area contributed by atoms with Gasteiger partial charge in [-0.25, -0.2) is 0 Å². The Bertz CT molecular complexity index is 358. The van der Waals surface area contributed by atoms with E-state index in [-0.39, 0.29) is 5.54 Å². The lowest BCUT2D eigenvalue weighted by Crippen LogP contribution is -2.52. The van der Waals surface area contributed by atoms with E-state index in [0.717, 1.165) is 19.6 Å². The molecule has 0 aliphatic heterocycles. The summed E-state index contributed by atoms with van der Waals surface area (Å²) >= 11 is 5.50. The fraction of sp³-hybridized carbons (Fsp3) is 0.714. The minimum absolute atomic E-state index is 0.104. The van der Waals surface area contributed by atoms with E-state index < -0.39 is 0 Å². The zero-order valence-electron chi connectivity index (χ0n) is 12.1. The molecule has 1 heterocycles. The van der Waals surface area contributed by atoms with E-state index in [1.807, 2.05) is 11.3 Å². The molecule has 0 saturated carbocycles. The predicted molar refractivity (Wildman–Crippen MR) is 85.4 cm³/mol. The van der Waals surface area contributed by atoms with Crippen LogP contribution in [0.4, 0.5) is 0 Å². The van der Waals surface area contributed by atoms with Gasteiger partial charge in [-0.05, 0) is 60.9 Å². The number of rotatable bonds is 7. The smallest absolute Gasteiger partial charge is 0.0607 e. The molecule has 0 aliphatic carbocycles. The van der Waals surface area contributed by atoms with E-state index in [1.54, 1.807) is 0 Å². The van der Waals surface area contributed by atoms with Crippen LogP contribution in [-0.4, -0.2) is 30.1 Å². The molecule has 0 spiro atoms. The largest absolute Gasteiger partial charge is 0.308 e. The molecule has 0 bridgehead atoms. The van der Waals surface area contributed by atoms with Gasteiger partial charge >= 0.3 is 0 Å². The van der Waals surface area contributed by atoms with Crippen molar-refractivity contribution in [1.82, 2.24) is 10.2 Å². The molecule has 1 aromatic rings. The average Bonchev–Trinajstić information content (AvgIpc) is 2.73. The van der Waals surface area contributed by atoms with Gasteiger partial charge in [0.2, 0.25) is 0 Å². The Labute approximate surface area is 124 Å². The normalized spacial score (nSPS) is 14.2. The number of nitrogens with one attached hydrogen (secondary N) is 1. The van der Waals surface area contributed by atoms with Crippen LogP contribution in [0.5, 0.6) is 0 Å². The van der Waals surface area contributed by atoms with E-state index in [4.69, 9.17) is 0 Å². The van der Waals surface area contributed by atoms with Crippen LogP contribution in [0.1, 0.15) is 45.5 Å². The van der Waals surface area contributed by atoms with E-state index in [9.17, 15) is 0 Å². The first-order valence-corrected chi connectivity index (χ1v) is 8.37. The third-order valence-corrected chi connectivity index (χ3v) is 5.54. The standard InChI is InChI=1S/C14H25BrN2S/c1-6-16-13(12-11(15)9-10-18-12)14(4,5)17(7-2)8-3/h9-10,13,16H,6-8H2,1-5H3. The zero-order chi connectivity index (χ0) is 13.8. The first-order chi connectivity index (χ1) is 8.48. The van der Waals surface area contributed by atoms with Gasteiger partial charge in [-0.3, -0.25) is 4.90 Å². The highest BCUT2D eigenvalue weighted by Crippen LogP contribution is 2.37. The van der Waals surface area contributed by atoms with E-state index in [2.05, 4.69) is 72.2 Å². The molecule has 1 atom stereocenters.